The van der Waals surface area contributed by atoms with Crippen molar-refractivity contribution in [2.75, 3.05) is 0 Å². The Bertz CT molecular complexity index is 789. The number of furan rings is 1. The fourth-order valence-corrected chi connectivity index (χ4v) is 2.25. The van der Waals surface area contributed by atoms with Crippen molar-refractivity contribution in [2.24, 2.45) is 12.9 Å². The maximum Gasteiger partial charge on any atom is 0.266 e. The van der Waals surface area contributed by atoms with Crippen LogP contribution in [-0.4, -0.2) is 20.7 Å². The minimum Gasteiger partial charge on any atom is -0.463 e. The molecule has 0 aromatic carbocycles. The largest absolute Gasteiger partial charge is 0.463 e. The number of nitrogens with two attached hydrogens (primary N) is 1. The molecule has 3 aromatic rings. The summed E-state index contributed by atoms with van der Waals surface area (Å²) in [5, 5.41) is 4.98. The van der Waals surface area contributed by atoms with E-state index in [1.165, 1.54) is 0 Å². The number of hydrogen-bond acceptors (Lipinski definition) is 5. The normalized spacial score (nSPS) is 10.9. The number of rotatable bonds is 2. The molecule has 1 amide bonds. The highest BCUT2D eigenvalue weighted by molar-refractivity contribution is 6.07. The van der Waals surface area contributed by atoms with E-state index >= 15 is 0 Å². The Morgan fingerprint density at radius 2 is 2.30 bits per heavy atom. The summed E-state index contributed by atoms with van der Waals surface area (Å²) >= 11 is 0. The van der Waals surface area contributed by atoms with Crippen molar-refractivity contribution in [1.82, 2.24) is 20.2 Å². The van der Waals surface area contributed by atoms with Gasteiger partial charge in [-0.05, 0) is 25.1 Å². The molecule has 3 heterocycles. The molecular weight excluding hydrogens is 258 g/mol. The third-order valence-corrected chi connectivity index (χ3v) is 3.12. The molecule has 0 aliphatic heterocycles. The Morgan fingerprint density at radius 3 is 2.95 bits per heavy atom. The second kappa shape index (κ2) is 4.46. The number of pyridine rings is 1. The molecule has 7 heteroatoms. The zero-order chi connectivity index (χ0) is 14.3. The monoisotopic (exact) mass is 271 g/mol. The fraction of sp³-hybridized carbons (Fsp3) is 0.154. The van der Waals surface area contributed by atoms with Gasteiger partial charge < -0.3 is 4.42 Å². The Kier molecular flexibility index (Phi) is 2.76. The maximum atomic E-state index is 12.0. The average Bonchev–Trinajstić information content (AvgIpc) is 3.07. The molecule has 0 aliphatic carbocycles. The van der Waals surface area contributed by atoms with Gasteiger partial charge in [-0.2, -0.15) is 5.10 Å². The van der Waals surface area contributed by atoms with Crippen molar-refractivity contribution in [3.05, 3.63) is 35.7 Å². The first-order valence-corrected chi connectivity index (χ1v) is 6.01. The molecule has 0 saturated carbocycles. The Labute approximate surface area is 114 Å². The van der Waals surface area contributed by atoms with Gasteiger partial charge in [0.15, 0.2) is 11.4 Å². The molecule has 102 valence electrons. The molecule has 20 heavy (non-hydrogen) atoms. The number of hydrazine groups is 1. The van der Waals surface area contributed by atoms with Crippen molar-refractivity contribution < 1.29 is 9.21 Å². The highest BCUT2D eigenvalue weighted by Crippen LogP contribution is 2.26. The molecule has 0 unspecified atom stereocenters. The lowest BCUT2D eigenvalue weighted by molar-refractivity contribution is 0.0955. The van der Waals surface area contributed by atoms with Gasteiger partial charge in [-0.1, -0.05) is 0 Å². The number of aryl methyl sites for hydroxylation is 2. The average molecular weight is 271 g/mol. The van der Waals surface area contributed by atoms with Crippen LogP contribution >= 0.6 is 0 Å². The Hall–Kier alpha value is -2.67. The van der Waals surface area contributed by atoms with Crippen LogP contribution in [-0.2, 0) is 7.05 Å². The first-order chi connectivity index (χ1) is 9.61. The molecule has 0 spiro atoms. The zero-order valence-electron chi connectivity index (χ0n) is 11.0. The van der Waals surface area contributed by atoms with E-state index in [1.54, 1.807) is 36.2 Å². The van der Waals surface area contributed by atoms with Crippen molar-refractivity contribution in [2.45, 2.75) is 6.92 Å². The van der Waals surface area contributed by atoms with Crippen molar-refractivity contribution >= 4 is 16.9 Å². The van der Waals surface area contributed by atoms with Gasteiger partial charge in [0.25, 0.3) is 5.91 Å². The van der Waals surface area contributed by atoms with E-state index in [0.29, 0.717) is 28.1 Å². The summed E-state index contributed by atoms with van der Waals surface area (Å²) in [6.45, 7) is 1.82. The van der Waals surface area contributed by atoms with Crippen molar-refractivity contribution in [3.63, 3.8) is 0 Å². The van der Waals surface area contributed by atoms with Crippen LogP contribution in [0.15, 0.2) is 28.9 Å². The molecule has 3 rings (SSSR count). The van der Waals surface area contributed by atoms with Crippen LogP contribution < -0.4 is 11.3 Å². The highest BCUT2D eigenvalue weighted by atomic mass is 16.3. The second-order valence-electron chi connectivity index (χ2n) is 4.41. The summed E-state index contributed by atoms with van der Waals surface area (Å²) in [5.74, 6) is 5.44. The lowest BCUT2D eigenvalue weighted by Crippen LogP contribution is -2.30. The number of aromatic nitrogens is 3. The van der Waals surface area contributed by atoms with Crippen LogP contribution in [0.3, 0.4) is 0 Å². The number of hydrogen-bond donors (Lipinski definition) is 2. The third-order valence-electron chi connectivity index (χ3n) is 3.12. The lowest BCUT2D eigenvalue weighted by atomic mass is 10.1. The molecular formula is C13H13N5O2. The minimum atomic E-state index is -0.388. The second-order valence-corrected chi connectivity index (χ2v) is 4.41. The van der Waals surface area contributed by atoms with Gasteiger partial charge in [0, 0.05) is 7.05 Å². The molecule has 3 aromatic heterocycles. The van der Waals surface area contributed by atoms with Crippen molar-refractivity contribution in [1.29, 1.82) is 0 Å². The van der Waals surface area contributed by atoms with Gasteiger partial charge in [0.05, 0.1) is 22.9 Å². The topological polar surface area (TPSA) is 99.0 Å². The number of nitrogens with one attached hydrogen (secondary N) is 1. The fourth-order valence-electron chi connectivity index (χ4n) is 2.25. The van der Waals surface area contributed by atoms with Crippen molar-refractivity contribution in [3.8, 4) is 11.5 Å². The number of nitrogens with zero attached hydrogens (tertiary/aromatic N) is 3. The number of carbonyl (C=O) groups is 1. The Morgan fingerprint density at radius 1 is 1.50 bits per heavy atom. The summed E-state index contributed by atoms with van der Waals surface area (Å²) < 4.78 is 6.96. The summed E-state index contributed by atoms with van der Waals surface area (Å²) in [6.07, 6.45) is 1.55. The highest BCUT2D eigenvalue weighted by Gasteiger charge is 2.19. The third kappa shape index (κ3) is 1.76. The van der Waals surface area contributed by atoms with E-state index in [0.717, 1.165) is 5.69 Å². The molecule has 0 atom stereocenters. The molecule has 0 fully saturated rings. The molecule has 0 saturated heterocycles. The van der Waals surface area contributed by atoms with Gasteiger partial charge in [0.2, 0.25) is 0 Å². The zero-order valence-corrected chi connectivity index (χ0v) is 11.0. The van der Waals surface area contributed by atoms with Crippen LogP contribution in [0.5, 0.6) is 0 Å². The number of amides is 1. The number of fused-ring (bicyclic) bond motifs is 1. The molecule has 0 radical (unpaired) electrons. The molecule has 0 aliphatic rings. The van der Waals surface area contributed by atoms with Crippen LogP contribution in [0, 0.1) is 6.92 Å². The van der Waals surface area contributed by atoms with Gasteiger partial charge >= 0.3 is 0 Å². The van der Waals surface area contributed by atoms with E-state index in [-0.39, 0.29) is 5.91 Å². The summed E-state index contributed by atoms with van der Waals surface area (Å²) in [6, 6.07) is 5.19. The van der Waals surface area contributed by atoms with Crippen LogP contribution in [0.2, 0.25) is 0 Å². The van der Waals surface area contributed by atoms with Crippen LogP contribution in [0.1, 0.15) is 16.1 Å². The molecule has 7 nitrogen and oxygen atoms in total. The van der Waals surface area contributed by atoms with Gasteiger partial charge in [-0.3, -0.25) is 14.9 Å². The SMILES string of the molecule is Cc1nn(C)c2nc(-c3ccco3)cc(C(=O)NN)c12. The van der Waals surface area contributed by atoms with E-state index in [1.807, 2.05) is 6.92 Å². The number of nitrogen functional groups attached to an aromatic ring is 1. The first kappa shape index (κ1) is 12.4. The van der Waals surface area contributed by atoms with Gasteiger partial charge in [-0.25, -0.2) is 10.8 Å². The van der Waals surface area contributed by atoms with Gasteiger partial charge in [0.1, 0.15) is 5.69 Å². The summed E-state index contributed by atoms with van der Waals surface area (Å²) in [7, 11) is 1.78. The summed E-state index contributed by atoms with van der Waals surface area (Å²) in [4.78, 5) is 16.5. The first-order valence-electron chi connectivity index (χ1n) is 6.01. The van der Waals surface area contributed by atoms with Crippen LogP contribution in [0.4, 0.5) is 0 Å². The van der Waals surface area contributed by atoms with E-state index in [2.05, 4.69) is 15.5 Å². The predicted molar refractivity (Wildman–Crippen MR) is 72.6 cm³/mol. The summed E-state index contributed by atoms with van der Waals surface area (Å²) in [5.41, 5.74) is 4.46. The molecule has 0 bridgehead atoms. The van der Waals surface area contributed by atoms with E-state index in [4.69, 9.17) is 10.3 Å². The quantitative estimate of drug-likeness (QED) is 0.413. The molecule has 3 N–H and O–H groups in total. The minimum absolute atomic E-state index is 0.388. The maximum absolute atomic E-state index is 12.0. The number of carbonyl (C=O) groups excluding carboxylic acids is 1. The van der Waals surface area contributed by atoms with E-state index < -0.39 is 0 Å². The smallest absolute Gasteiger partial charge is 0.266 e. The van der Waals surface area contributed by atoms with E-state index in [9.17, 15) is 4.79 Å². The predicted octanol–water partition coefficient (Wildman–Crippen LogP) is 1.14. The Balaban J connectivity index is 2.36. The lowest BCUT2D eigenvalue weighted by Gasteiger charge is -2.05. The standard InChI is InChI=1S/C13H13N5O2/c1-7-11-8(13(19)16-14)6-9(10-4-3-5-20-10)15-12(11)18(2)17-7/h3-6H,14H2,1-2H3,(H,16,19). The van der Waals surface area contributed by atoms with Gasteiger partial charge in [-0.15, -0.1) is 0 Å². The van der Waals surface area contributed by atoms with Crippen LogP contribution in [0.25, 0.3) is 22.5 Å².